The molecule has 1 unspecified atom stereocenters. The number of esters is 1. The Balaban J connectivity index is 2.36. The molecular formula is C14H26N2O4. The Morgan fingerprint density at radius 3 is 2.70 bits per heavy atom. The molecule has 0 spiro atoms. The largest absolute Gasteiger partial charge is 0.469 e. The Bertz CT molecular complexity index is 304. The molecule has 116 valence electrons. The topological polar surface area (TPSA) is 67.9 Å². The van der Waals surface area contributed by atoms with Crippen molar-refractivity contribution in [3.05, 3.63) is 0 Å². The number of nitrogens with zero attached hydrogens (tertiary/aromatic N) is 1. The van der Waals surface area contributed by atoms with Gasteiger partial charge in [0.05, 0.1) is 19.6 Å². The van der Waals surface area contributed by atoms with Crippen molar-refractivity contribution in [2.75, 3.05) is 39.9 Å². The van der Waals surface area contributed by atoms with Crippen LogP contribution in [0.4, 0.5) is 0 Å². The van der Waals surface area contributed by atoms with Crippen molar-refractivity contribution in [1.82, 2.24) is 10.2 Å². The molecule has 1 saturated heterocycles. The van der Waals surface area contributed by atoms with Crippen molar-refractivity contribution in [2.24, 2.45) is 0 Å². The molecule has 0 bridgehead atoms. The SMILES string of the molecule is CCNC(=O)CCN(CCC(=O)OC)CC1CCCO1. The van der Waals surface area contributed by atoms with E-state index in [1.54, 1.807) is 0 Å². The number of hydrogen-bond donors (Lipinski definition) is 1. The third-order valence-corrected chi connectivity index (χ3v) is 3.37. The monoisotopic (exact) mass is 286 g/mol. The third-order valence-electron chi connectivity index (χ3n) is 3.37. The fourth-order valence-corrected chi connectivity index (χ4v) is 2.27. The van der Waals surface area contributed by atoms with Crippen LogP contribution in [0.2, 0.25) is 0 Å². The molecule has 1 atom stereocenters. The second-order valence-electron chi connectivity index (χ2n) is 4.97. The summed E-state index contributed by atoms with van der Waals surface area (Å²) in [6, 6.07) is 0. The molecule has 1 aliphatic heterocycles. The van der Waals surface area contributed by atoms with E-state index in [4.69, 9.17) is 4.74 Å². The summed E-state index contributed by atoms with van der Waals surface area (Å²) in [7, 11) is 1.39. The summed E-state index contributed by atoms with van der Waals surface area (Å²) in [5.41, 5.74) is 0. The second-order valence-corrected chi connectivity index (χ2v) is 4.97. The van der Waals surface area contributed by atoms with E-state index in [0.29, 0.717) is 32.5 Å². The number of hydrogen-bond acceptors (Lipinski definition) is 5. The van der Waals surface area contributed by atoms with Gasteiger partial charge in [0.15, 0.2) is 0 Å². The van der Waals surface area contributed by atoms with E-state index in [2.05, 4.69) is 15.0 Å². The predicted molar refractivity (Wildman–Crippen MR) is 75.3 cm³/mol. The first-order valence-electron chi connectivity index (χ1n) is 7.33. The standard InChI is InChI=1S/C14H26N2O4/c1-3-15-13(17)6-8-16(9-7-14(18)19-2)11-12-5-4-10-20-12/h12H,3-11H2,1-2H3,(H,15,17). The fourth-order valence-electron chi connectivity index (χ4n) is 2.27. The molecule has 1 fully saturated rings. The van der Waals surface area contributed by atoms with Crippen LogP contribution in [0.25, 0.3) is 0 Å². The van der Waals surface area contributed by atoms with Crippen LogP contribution in [0, 0.1) is 0 Å². The molecule has 6 heteroatoms. The third kappa shape index (κ3) is 6.86. The van der Waals surface area contributed by atoms with E-state index in [1.807, 2.05) is 6.92 Å². The first-order chi connectivity index (χ1) is 9.65. The van der Waals surface area contributed by atoms with E-state index in [9.17, 15) is 9.59 Å². The minimum atomic E-state index is -0.222. The van der Waals surface area contributed by atoms with E-state index in [0.717, 1.165) is 26.0 Å². The van der Waals surface area contributed by atoms with Crippen LogP contribution in [-0.2, 0) is 19.1 Å². The van der Waals surface area contributed by atoms with Crippen LogP contribution in [-0.4, -0.2) is 62.8 Å². The Morgan fingerprint density at radius 2 is 2.10 bits per heavy atom. The number of carbonyl (C=O) groups is 2. The van der Waals surface area contributed by atoms with Crippen LogP contribution < -0.4 is 5.32 Å². The van der Waals surface area contributed by atoms with Crippen LogP contribution in [0.5, 0.6) is 0 Å². The highest BCUT2D eigenvalue weighted by atomic mass is 16.5. The summed E-state index contributed by atoms with van der Waals surface area (Å²) in [5.74, 6) is -0.178. The quantitative estimate of drug-likeness (QED) is 0.627. The first kappa shape index (κ1) is 16.9. The molecule has 1 N–H and O–H groups in total. The van der Waals surface area contributed by atoms with Gasteiger partial charge in [-0.25, -0.2) is 0 Å². The van der Waals surface area contributed by atoms with Gasteiger partial charge in [0.2, 0.25) is 5.91 Å². The number of ether oxygens (including phenoxy) is 2. The summed E-state index contributed by atoms with van der Waals surface area (Å²) in [6.45, 7) is 5.38. The summed E-state index contributed by atoms with van der Waals surface area (Å²) < 4.78 is 10.3. The average molecular weight is 286 g/mol. The van der Waals surface area contributed by atoms with E-state index in [-0.39, 0.29) is 18.0 Å². The molecule has 0 aromatic carbocycles. The lowest BCUT2D eigenvalue weighted by Gasteiger charge is -2.24. The van der Waals surface area contributed by atoms with Gasteiger partial charge in [-0.3, -0.25) is 14.5 Å². The molecule has 6 nitrogen and oxygen atoms in total. The lowest BCUT2D eigenvalue weighted by atomic mass is 10.2. The number of carbonyl (C=O) groups excluding carboxylic acids is 2. The molecule has 0 saturated carbocycles. The molecule has 1 rings (SSSR count). The minimum absolute atomic E-state index is 0.0444. The van der Waals surface area contributed by atoms with E-state index in [1.165, 1.54) is 7.11 Å². The zero-order chi connectivity index (χ0) is 14.8. The Morgan fingerprint density at radius 1 is 1.35 bits per heavy atom. The van der Waals surface area contributed by atoms with Gasteiger partial charge < -0.3 is 14.8 Å². The second kappa shape index (κ2) is 9.72. The summed E-state index contributed by atoms with van der Waals surface area (Å²) >= 11 is 0. The maximum absolute atomic E-state index is 11.5. The van der Waals surface area contributed by atoms with Crippen molar-refractivity contribution in [1.29, 1.82) is 0 Å². The van der Waals surface area contributed by atoms with Gasteiger partial charge >= 0.3 is 5.97 Å². The lowest BCUT2D eigenvalue weighted by molar-refractivity contribution is -0.141. The van der Waals surface area contributed by atoms with Crippen molar-refractivity contribution in [3.63, 3.8) is 0 Å². The van der Waals surface area contributed by atoms with Crippen molar-refractivity contribution >= 4 is 11.9 Å². The fraction of sp³-hybridized carbons (Fsp3) is 0.857. The maximum atomic E-state index is 11.5. The number of nitrogens with one attached hydrogen (secondary N) is 1. The first-order valence-corrected chi connectivity index (χ1v) is 7.33. The average Bonchev–Trinajstić information content (AvgIpc) is 2.94. The van der Waals surface area contributed by atoms with Gasteiger partial charge in [-0.05, 0) is 19.8 Å². The Hall–Kier alpha value is -1.14. The van der Waals surface area contributed by atoms with E-state index < -0.39 is 0 Å². The normalized spacial score (nSPS) is 18.2. The van der Waals surface area contributed by atoms with Crippen molar-refractivity contribution < 1.29 is 19.1 Å². The Labute approximate surface area is 120 Å². The predicted octanol–water partition coefficient (Wildman–Crippen LogP) is 0.557. The Kier molecular flexibility index (Phi) is 8.22. The van der Waals surface area contributed by atoms with Crippen LogP contribution in [0.3, 0.4) is 0 Å². The van der Waals surface area contributed by atoms with Gasteiger partial charge in [-0.2, -0.15) is 0 Å². The van der Waals surface area contributed by atoms with Gasteiger partial charge in [0, 0.05) is 39.2 Å². The molecule has 0 aliphatic carbocycles. The molecule has 1 aliphatic rings. The molecular weight excluding hydrogens is 260 g/mol. The zero-order valence-electron chi connectivity index (χ0n) is 12.5. The highest BCUT2D eigenvalue weighted by Gasteiger charge is 2.20. The van der Waals surface area contributed by atoms with Crippen molar-refractivity contribution in [3.8, 4) is 0 Å². The smallest absolute Gasteiger partial charge is 0.306 e. The van der Waals surface area contributed by atoms with Gasteiger partial charge in [0.25, 0.3) is 0 Å². The van der Waals surface area contributed by atoms with Crippen LogP contribution in [0.1, 0.15) is 32.6 Å². The van der Waals surface area contributed by atoms with Crippen LogP contribution >= 0.6 is 0 Å². The maximum Gasteiger partial charge on any atom is 0.306 e. The number of methoxy groups -OCH3 is 1. The number of rotatable bonds is 9. The zero-order valence-corrected chi connectivity index (χ0v) is 12.5. The minimum Gasteiger partial charge on any atom is -0.469 e. The summed E-state index contributed by atoms with van der Waals surface area (Å²) in [4.78, 5) is 24.9. The molecule has 1 heterocycles. The van der Waals surface area contributed by atoms with E-state index >= 15 is 0 Å². The number of amides is 1. The molecule has 0 aromatic heterocycles. The van der Waals surface area contributed by atoms with Crippen LogP contribution in [0.15, 0.2) is 0 Å². The van der Waals surface area contributed by atoms with Crippen molar-refractivity contribution in [2.45, 2.75) is 38.7 Å². The molecule has 0 radical (unpaired) electrons. The summed E-state index contributed by atoms with van der Waals surface area (Å²) in [6.07, 6.45) is 3.16. The lowest BCUT2D eigenvalue weighted by Crippen LogP contribution is -2.37. The van der Waals surface area contributed by atoms with Gasteiger partial charge in [-0.1, -0.05) is 0 Å². The summed E-state index contributed by atoms with van der Waals surface area (Å²) in [5, 5.41) is 2.78. The molecule has 0 aromatic rings. The molecule has 20 heavy (non-hydrogen) atoms. The highest BCUT2D eigenvalue weighted by molar-refractivity contribution is 5.76. The molecule has 1 amide bonds. The van der Waals surface area contributed by atoms with Gasteiger partial charge in [0.1, 0.15) is 0 Å². The van der Waals surface area contributed by atoms with Gasteiger partial charge in [-0.15, -0.1) is 0 Å². The highest BCUT2D eigenvalue weighted by Crippen LogP contribution is 2.13.